The molecule has 0 fully saturated rings. The molecule has 0 aromatic heterocycles. The van der Waals surface area contributed by atoms with Gasteiger partial charge in [-0.15, -0.1) is 0 Å². The molecule has 1 rings (SSSR count). The Labute approximate surface area is 122 Å². The lowest BCUT2D eigenvalue weighted by Gasteiger charge is -2.25. The van der Waals surface area contributed by atoms with Crippen molar-refractivity contribution >= 4 is 10.0 Å². The molecule has 5 heteroatoms. The molecule has 0 aliphatic carbocycles. The third kappa shape index (κ3) is 4.89. The van der Waals surface area contributed by atoms with Crippen LogP contribution in [0.15, 0.2) is 23.1 Å². The molecule has 0 amide bonds. The zero-order valence-corrected chi connectivity index (χ0v) is 13.7. The Kier molecular flexibility index (Phi) is 5.74. The van der Waals surface area contributed by atoms with Crippen molar-refractivity contribution < 1.29 is 8.42 Å². The Hall–Kier alpha value is -0.910. The third-order valence-corrected chi connectivity index (χ3v) is 4.98. The largest absolute Gasteiger partial charge is 0.330 e. The predicted molar refractivity (Wildman–Crippen MR) is 83.2 cm³/mol. The molecular weight excluding hydrogens is 272 g/mol. The summed E-state index contributed by atoms with van der Waals surface area (Å²) in [6.07, 6.45) is 1.80. The molecule has 0 unspecified atom stereocenters. The van der Waals surface area contributed by atoms with E-state index in [2.05, 4.69) is 4.72 Å². The van der Waals surface area contributed by atoms with E-state index in [9.17, 15) is 8.42 Å². The van der Waals surface area contributed by atoms with E-state index in [-0.39, 0.29) is 5.41 Å². The minimum atomic E-state index is -3.45. The van der Waals surface area contributed by atoms with Crippen molar-refractivity contribution in [3.8, 4) is 0 Å². The monoisotopic (exact) mass is 298 g/mol. The van der Waals surface area contributed by atoms with Gasteiger partial charge in [-0.1, -0.05) is 31.5 Å². The number of hydrogen-bond donors (Lipinski definition) is 2. The van der Waals surface area contributed by atoms with E-state index in [0.717, 1.165) is 24.0 Å². The quantitative estimate of drug-likeness (QED) is 0.811. The first-order chi connectivity index (χ1) is 9.18. The summed E-state index contributed by atoms with van der Waals surface area (Å²) in [7, 11) is -3.45. The normalized spacial score (nSPS) is 12.7. The van der Waals surface area contributed by atoms with E-state index >= 15 is 0 Å². The highest BCUT2D eigenvalue weighted by molar-refractivity contribution is 7.89. The number of hydrogen-bond acceptors (Lipinski definition) is 3. The van der Waals surface area contributed by atoms with Gasteiger partial charge in [0.05, 0.1) is 4.90 Å². The Morgan fingerprint density at radius 2 is 1.90 bits per heavy atom. The zero-order valence-electron chi connectivity index (χ0n) is 12.9. The van der Waals surface area contributed by atoms with Crippen molar-refractivity contribution in [3.63, 3.8) is 0 Å². The summed E-state index contributed by atoms with van der Waals surface area (Å²) in [5, 5.41) is 0. The van der Waals surface area contributed by atoms with Crippen LogP contribution in [0, 0.1) is 19.3 Å². The minimum Gasteiger partial charge on any atom is -0.330 e. The van der Waals surface area contributed by atoms with Gasteiger partial charge in [0, 0.05) is 6.54 Å². The van der Waals surface area contributed by atoms with Crippen molar-refractivity contribution in [2.45, 2.75) is 45.4 Å². The fourth-order valence-electron chi connectivity index (χ4n) is 2.14. The standard InChI is InChI=1S/C15H26N2O2S/c1-12-6-7-14(13(2)10-12)20(18,19)17-11-15(3,4)8-5-9-16/h6-7,10,17H,5,8-9,11,16H2,1-4H3. The number of nitrogens with one attached hydrogen (secondary N) is 1. The van der Waals surface area contributed by atoms with Gasteiger partial charge >= 0.3 is 0 Å². The first-order valence-electron chi connectivity index (χ1n) is 6.95. The number of sulfonamides is 1. The van der Waals surface area contributed by atoms with E-state index in [0.29, 0.717) is 18.0 Å². The van der Waals surface area contributed by atoms with Gasteiger partial charge in [0.25, 0.3) is 0 Å². The molecule has 114 valence electrons. The number of nitrogens with two attached hydrogens (primary N) is 1. The van der Waals surface area contributed by atoms with Crippen LogP contribution in [-0.2, 0) is 10.0 Å². The first-order valence-corrected chi connectivity index (χ1v) is 8.43. The molecule has 0 aliphatic rings. The number of benzene rings is 1. The van der Waals surface area contributed by atoms with E-state index < -0.39 is 10.0 Å². The number of rotatable bonds is 7. The van der Waals surface area contributed by atoms with Crippen molar-refractivity contribution in [3.05, 3.63) is 29.3 Å². The molecule has 1 aromatic carbocycles. The summed E-state index contributed by atoms with van der Waals surface area (Å²) in [5.41, 5.74) is 7.25. The maximum atomic E-state index is 12.3. The van der Waals surface area contributed by atoms with Crippen LogP contribution in [0.2, 0.25) is 0 Å². The van der Waals surface area contributed by atoms with Gasteiger partial charge in [-0.2, -0.15) is 0 Å². The SMILES string of the molecule is Cc1ccc(S(=O)(=O)NCC(C)(C)CCCN)c(C)c1. The van der Waals surface area contributed by atoms with Gasteiger partial charge < -0.3 is 5.73 Å². The van der Waals surface area contributed by atoms with Crippen LogP contribution in [0.1, 0.15) is 37.8 Å². The maximum Gasteiger partial charge on any atom is 0.240 e. The summed E-state index contributed by atoms with van der Waals surface area (Å²) < 4.78 is 27.4. The van der Waals surface area contributed by atoms with Crippen LogP contribution in [0.3, 0.4) is 0 Å². The summed E-state index contributed by atoms with van der Waals surface area (Å²) in [4.78, 5) is 0.359. The van der Waals surface area contributed by atoms with Crippen LogP contribution in [-0.4, -0.2) is 21.5 Å². The fourth-order valence-corrected chi connectivity index (χ4v) is 3.60. The second-order valence-corrected chi connectivity index (χ2v) is 7.89. The van der Waals surface area contributed by atoms with Gasteiger partial charge in [0.1, 0.15) is 0 Å². The Morgan fingerprint density at radius 1 is 1.25 bits per heavy atom. The van der Waals surface area contributed by atoms with Crippen LogP contribution in [0.4, 0.5) is 0 Å². The topological polar surface area (TPSA) is 72.2 Å². The zero-order chi connectivity index (χ0) is 15.4. The molecule has 0 radical (unpaired) electrons. The molecule has 0 heterocycles. The number of aryl methyl sites for hydroxylation is 2. The fraction of sp³-hybridized carbons (Fsp3) is 0.600. The second kappa shape index (κ2) is 6.70. The summed E-state index contributed by atoms with van der Waals surface area (Å²) >= 11 is 0. The lowest BCUT2D eigenvalue weighted by Crippen LogP contribution is -2.34. The van der Waals surface area contributed by atoms with E-state index in [1.54, 1.807) is 6.07 Å². The minimum absolute atomic E-state index is 0.0922. The van der Waals surface area contributed by atoms with Gasteiger partial charge in [-0.25, -0.2) is 13.1 Å². The van der Waals surface area contributed by atoms with Gasteiger partial charge in [-0.3, -0.25) is 0 Å². The molecule has 20 heavy (non-hydrogen) atoms. The molecule has 3 N–H and O–H groups in total. The summed E-state index contributed by atoms with van der Waals surface area (Å²) in [6, 6.07) is 5.37. The van der Waals surface area contributed by atoms with Crippen molar-refractivity contribution in [1.29, 1.82) is 0 Å². The van der Waals surface area contributed by atoms with Crippen molar-refractivity contribution in [1.82, 2.24) is 4.72 Å². The van der Waals surface area contributed by atoms with Crippen LogP contribution in [0.5, 0.6) is 0 Å². The highest BCUT2D eigenvalue weighted by Gasteiger charge is 2.22. The molecule has 1 aromatic rings. The van der Waals surface area contributed by atoms with Crippen molar-refractivity contribution in [2.75, 3.05) is 13.1 Å². The molecular formula is C15H26N2O2S. The first kappa shape index (κ1) is 17.1. The van der Waals surface area contributed by atoms with E-state index in [1.807, 2.05) is 39.8 Å². The highest BCUT2D eigenvalue weighted by atomic mass is 32.2. The van der Waals surface area contributed by atoms with Crippen molar-refractivity contribution in [2.24, 2.45) is 11.1 Å². The van der Waals surface area contributed by atoms with Gasteiger partial charge in [0.2, 0.25) is 10.0 Å². The third-order valence-electron chi connectivity index (χ3n) is 3.42. The van der Waals surface area contributed by atoms with E-state index in [4.69, 9.17) is 5.73 Å². The van der Waals surface area contributed by atoms with E-state index in [1.165, 1.54) is 0 Å². The molecule has 0 saturated carbocycles. The summed E-state index contributed by atoms with van der Waals surface area (Å²) in [6.45, 7) is 8.92. The average molecular weight is 298 g/mol. The Morgan fingerprint density at radius 3 is 2.45 bits per heavy atom. The molecule has 0 aliphatic heterocycles. The van der Waals surface area contributed by atoms with Crippen LogP contribution in [0.25, 0.3) is 0 Å². The summed E-state index contributed by atoms with van der Waals surface area (Å²) in [5.74, 6) is 0. The van der Waals surface area contributed by atoms with Crippen LogP contribution < -0.4 is 10.5 Å². The molecule has 0 spiro atoms. The van der Waals surface area contributed by atoms with Gasteiger partial charge in [0.15, 0.2) is 0 Å². The Bertz CT molecular complexity index is 551. The maximum absolute atomic E-state index is 12.3. The highest BCUT2D eigenvalue weighted by Crippen LogP contribution is 2.22. The average Bonchev–Trinajstić information content (AvgIpc) is 2.34. The van der Waals surface area contributed by atoms with Crippen LogP contribution >= 0.6 is 0 Å². The predicted octanol–water partition coefficient (Wildman–Crippen LogP) is 2.35. The van der Waals surface area contributed by atoms with Gasteiger partial charge in [-0.05, 0) is 50.3 Å². The molecule has 0 bridgehead atoms. The second-order valence-electron chi connectivity index (χ2n) is 6.15. The lowest BCUT2D eigenvalue weighted by atomic mass is 9.88. The Balaban J connectivity index is 2.80. The smallest absolute Gasteiger partial charge is 0.240 e. The molecule has 0 atom stereocenters. The lowest BCUT2D eigenvalue weighted by molar-refractivity contribution is 0.327. The molecule has 0 saturated heterocycles. The molecule has 4 nitrogen and oxygen atoms in total.